The van der Waals surface area contributed by atoms with E-state index in [1.165, 1.54) is 0 Å². The minimum Gasteiger partial charge on any atom is -0.298 e. The van der Waals surface area contributed by atoms with Gasteiger partial charge < -0.3 is 0 Å². The highest BCUT2D eigenvalue weighted by atomic mass is 35.5. The Kier molecular flexibility index (Phi) is 2.01. The van der Waals surface area contributed by atoms with E-state index in [0.29, 0.717) is 0 Å². The van der Waals surface area contributed by atoms with Gasteiger partial charge in [-0.2, -0.15) is 0 Å². The molecule has 0 radical (unpaired) electrons. The average Bonchev–Trinajstić information content (AvgIpc) is 2.83. The van der Waals surface area contributed by atoms with Crippen LogP contribution in [0.25, 0.3) is 16.2 Å². The molecule has 3 heterocycles. The van der Waals surface area contributed by atoms with Crippen LogP contribution in [0.1, 0.15) is 0 Å². The summed E-state index contributed by atoms with van der Waals surface area (Å²) in [5.41, 5.74) is 1.06. The van der Waals surface area contributed by atoms with Gasteiger partial charge in [-0.1, -0.05) is 17.7 Å². The van der Waals surface area contributed by atoms with Crippen molar-refractivity contribution in [2.75, 3.05) is 0 Å². The predicted molar refractivity (Wildman–Crippen MR) is 63.5 cm³/mol. The highest BCUT2D eigenvalue weighted by molar-refractivity contribution is 7.13. The van der Waals surface area contributed by atoms with Crippen molar-refractivity contribution < 1.29 is 0 Å². The quantitative estimate of drug-likeness (QED) is 0.627. The summed E-state index contributed by atoms with van der Waals surface area (Å²) in [5.74, 6) is 0.947. The number of thiophene rings is 1. The Balaban J connectivity index is 2.32. The number of pyridine rings is 1. The summed E-state index contributed by atoms with van der Waals surface area (Å²) in [4.78, 5) is 5.54. The molecule has 0 unspecified atom stereocenters. The Bertz CT molecular complexity index is 598. The second kappa shape index (κ2) is 3.36. The summed E-state index contributed by atoms with van der Waals surface area (Å²) in [6, 6.07) is 7.91. The van der Waals surface area contributed by atoms with Crippen LogP contribution in [0.4, 0.5) is 0 Å². The van der Waals surface area contributed by atoms with Crippen LogP contribution in [0.2, 0.25) is 5.02 Å². The number of halogens is 1. The summed E-state index contributed by atoms with van der Waals surface area (Å²) in [5, 5.41) is 2.76. The van der Waals surface area contributed by atoms with Gasteiger partial charge in [-0.25, -0.2) is 4.98 Å². The van der Waals surface area contributed by atoms with E-state index >= 15 is 0 Å². The first-order valence-corrected chi connectivity index (χ1v) is 5.77. The van der Waals surface area contributed by atoms with Crippen LogP contribution in [-0.4, -0.2) is 9.38 Å². The largest absolute Gasteiger partial charge is 0.298 e. The maximum atomic E-state index is 5.96. The summed E-state index contributed by atoms with van der Waals surface area (Å²) in [6.07, 6.45) is 3.74. The molecule has 3 aromatic rings. The van der Waals surface area contributed by atoms with Gasteiger partial charge in [0.2, 0.25) is 0 Å². The average molecular weight is 235 g/mol. The minimum absolute atomic E-state index is 0.721. The molecule has 2 nitrogen and oxygen atoms in total. The van der Waals surface area contributed by atoms with Gasteiger partial charge in [0.1, 0.15) is 0 Å². The zero-order valence-electron chi connectivity index (χ0n) is 7.72. The molecule has 0 aliphatic heterocycles. The molecule has 0 bridgehead atoms. The Labute approximate surface area is 95.8 Å². The maximum Gasteiger partial charge on any atom is 0.154 e. The van der Waals surface area contributed by atoms with E-state index in [2.05, 4.69) is 11.1 Å². The Hall–Kier alpha value is -1.32. The number of hydrogen-bond donors (Lipinski definition) is 0. The van der Waals surface area contributed by atoms with Crippen LogP contribution in [0.5, 0.6) is 0 Å². The van der Waals surface area contributed by atoms with E-state index in [4.69, 9.17) is 11.6 Å². The van der Waals surface area contributed by atoms with E-state index < -0.39 is 0 Å². The maximum absolute atomic E-state index is 5.96. The van der Waals surface area contributed by atoms with Crippen molar-refractivity contribution in [1.82, 2.24) is 9.38 Å². The summed E-state index contributed by atoms with van der Waals surface area (Å²) in [7, 11) is 0. The fraction of sp³-hybridized carbons (Fsp3) is 0. The third-order valence-electron chi connectivity index (χ3n) is 2.23. The molecule has 3 rings (SSSR count). The van der Waals surface area contributed by atoms with E-state index in [1.807, 2.05) is 40.4 Å². The molecule has 0 amide bonds. The van der Waals surface area contributed by atoms with E-state index in [0.717, 1.165) is 21.2 Å². The molecule has 0 fully saturated rings. The first-order valence-electron chi connectivity index (χ1n) is 4.51. The van der Waals surface area contributed by atoms with Crippen LogP contribution in [0, 0.1) is 0 Å². The summed E-state index contributed by atoms with van der Waals surface area (Å²) in [6.45, 7) is 0. The molecule has 0 saturated carbocycles. The Morgan fingerprint density at radius 3 is 3.00 bits per heavy atom. The molecular weight excluding hydrogens is 228 g/mol. The summed E-state index contributed by atoms with van der Waals surface area (Å²) >= 11 is 7.64. The number of imidazole rings is 1. The molecule has 4 heteroatoms. The fourth-order valence-corrected chi connectivity index (χ4v) is 2.43. The van der Waals surface area contributed by atoms with Crippen LogP contribution in [-0.2, 0) is 0 Å². The lowest BCUT2D eigenvalue weighted by molar-refractivity contribution is 1.17. The highest BCUT2D eigenvalue weighted by Gasteiger charge is 2.06. The molecule has 3 aromatic heterocycles. The third kappa shape index (κ3) is 1.44. The van der Waals surface area contributed by atoms with Crippen molar-refractivity contribution in [1.29, 1.82) is 0 Å². The number of nitrogens with zero attached hydrogens (tertiary/aromatic N) is 2. The standard InChI is InChI=1S/C11H7ClN2S/c12-8-3-4-9-6-13-11(14(9)7-8)10-2-1-5-15-10/h1-7H. The molecule has 74 valence electrons. The number of aromatic nitrogens is 2. The highest BCUT2D eigenvalue weighted by Crippen LogP contribution is 2.25. The normalized spacial score (nSPS) is 11.0. The molecular formula is C11H7ClN2S. The summed E-state index contributed by atoms with van der Waals surface area (Å²) < 4.78 is 2.01. The van der Waals surface area contributed by atoms with Gasteiger partial charge in [-0.3, -0.25) is 4.40 Å². The van der Waals surface area contributed by atoms with E-state index in [-0.39, 0.29) is 0 Å². The second-order valence-electron chi connectivity index (χ2n) is 3.20. The lowest BCUT2D eigenvalue weighted by atomic mass is 10.4. The van der Waals surface area contributed by atoms with Gasteiger partial charge in [0.05, 0.1) is 21.6 Å². The third-order valence-corrected chi connectivity index (χ3v) is 3.32. The lowest BCUT2D eigenvalue weighted by Gasteiger charge is -1.98. The second-order valence-corrected chi connectivity index (χ2v) is 4.59. The monoisotopic (exact) mass is 234 g/mol. The molecule has 0 aliphatic carbocycles. The first-order chi connectivity index (χ1) is 7.34. The van der Waals surface area contributed by atoms with E-state index in [1.54, 1.807) is 11.3 Å². The van der Waals surface area contributed by atoms with Crippen molar-refractivity contribution in [3.8, 4) is 10.7 Å². The Morgan fingerprint density at radius 2 is 2.20 bits per heavy atom. The number of rotatable bonds is 1. The molecule has 0 spiro atoms. The number of fused-ring (bicyclic) bond motifs is 1. The Morgan fingerprint density at radius 1 is 1.27 bits per heavy atom. The SMILES string of the molecule is Clc1ccc2cnc(-c3cccs3)n2c1. The topological polar surface area (TPSA) is 17.3 Å². The molecule has 0 aliphatic rings. The predicted octanol–water partition coefficient (Wildman–Crippen LogP) is 3.72. The van der Waals surface area contributed by atoms with Gasteiger partial charge in [-0.15, -0.1) is 11.3 Å². The zero-order valence-corrected chi connectivity index (χ0v) is 9.29. The van der Waals surface area contributed by atoms with Crippen LogP contribution in [0.15, 0.2) is 42.0 Å². The van der Waals surface area contributed by atoms with Crippen molar-refractivity contribution in [2.45, 2.75) is 0 Å². The van der Waals surface area contributed by atoms with E-state index in [9.17, 15) is 0 Å². The van der Waals surface area contributed by atoms with Gasteiger partial charge in [0, 0.05) is 6.20 Å². The minimum atomic E-state index is 0.721. The molecule has 15 heavy (non-hydrogen) atoms. The number of hydrogen-bond acceptors (Lipinski definition) is 2. The zero-order chi connectivity index (χ0) is 10.3. The van der Waals surface area contributed by atoms with Gasteiger partial charge in [-0.05, 0) is 23.6 Å². The molecule has 0 aromatic carbocycles. The molecule has 0 N–H and O–H groups in total. The lowest BCUT2D eigenvalue weighted by Crippen LogP contribution is -1.86. The molecule has 0 saturated heterocycles. The van der Waals surface area contributed by atoms with Crippen LogP contribution >= 0.6 is 22.9 Å². The van der Waals surface area contributed by atoms with Crippen molar-refractivity contribution >= 4 is 28.5 Å². The fourth-order valence-electron chi connectivity index (χ4n) is 1.55. The van der Waals surface area contributed by atoms with Crippen molar-refractivity contribution in [3.05, 3.63) is 47.1 Å². The smallest absolute Gasteiger partial charge is 0.154 e. The van der Waals surface area contributed by atoms with Gasteiger partial charge in [0.15, 0.2) is 5.82 Å². The van der Waals surface area contributed by atoms with Crippen LogP contribution < -0.4 is 0 Å². The van der Waals surface area contributed by atoms with Crippen LogP contribution in [0.3, 0.4) is 0 Å². The van der Waals surface area contributed by atoms with Gasteiger partial charge in [0.25, 0.3) is 0 Å². The van der Waals surface area contributed by atoms with Crippen molar-refractivity contribution in [2.24, 2.45) is 0 Å². The van der Waals surface area contributed by atoms with Crippen molar-refractivity contribution in [3.63, 3.8) is 0 Å². The molecule has 0 atom stereocenters. The first kappa shape index (κ1) is 8.95. The van der Waals surface area contributed by atoms with Gasteiger partial charge >= 0.3 is 0 Å².